The molecule has 0 bridgehead atoms. The second-order valence-corrected chi connectivity index (χ2v) is 4.34. The SMILES string of the molecule is CCC(CC(=O)O)Nc1cc(Cl)ccc1C(N)=O. The quantitative estimate of drug-likeness (QED) is 0.738. The Morgan fingerprint density at radius 2 is 2.17 bits per heavy atom. The number of hydrogen-bond acceptors (Lipinski definition) is 3. The summed E-state index contributed by atoms with van der Waals surface area (Å²) in [4.78, 5) is 21.9. The minimum Gasteiger partial charge on any atom is -0.481 e. The summed E-state index contributed by atoms with van der Waals surface area (Å²) >= 11 is 5.85. The lowest BCUT2D eigenvalue weighted by Gasteiger charge is -2.18. The third-order valence-corrected chi connectivity index (χ3v) is 2.76. The standard InChI is InChI=1S/C12H15ClN2O3/c1-2-8(6-11(16)17)15-10-5-7(13)3-4-9(10)12(14)18/h3-5,8,15H,2,6H2,1H3,(H2,14,18)(H,16,17). The summed E-state index contributed by atoms with van der Waals surface area (Å²) in [5.74, 6) is -1.49. The van der Waals surface area contributed by atoms with Gasteiger partial charge in [-0.05, 0) is 24.6 Å². The van der Waals surface area contributed by atoms with Crippen LogP contribution in [0, 0.1) is 0 Å². The van der Waals surface area contributed by atoms with E-state index in [4.69, 9.17) is 22.4 Å². The number of aliphatic carboxylic acids is 1. The van der Waals surface area contributed by atoms with Crippen molar-refractivity contribution in [3.05, 3.63) is 28.8 Å². The predicted octanol–water partition coefficient (Wildman–Crippen LogP) is 2.10. The third-order valence-electron chi connectivity index (χ3n) is 2.52. The Morgan fingerprint density at radius 1 is 1.50 bits per heavy atom. The van der Waals surface area contributed by atoms with Gasteiger partial charge in [0.1, 0.15) is 0 Å². The van der Waals surface area contributed by atoms with E-state index >= 15 is 0 Å². The van der Waals surface area contributed by atoms with Crippen molar-refractivity contribution in [2.45, 2.75) is 25.8 Å². The maximum atomic E-state index is 11.2. The van der Waals surface area contributed by atoms with Crippen LogP contribution in [0.15, 0.2) is 18.2 Å². The average Bonchev–Trinajstić information content (AvgIpc) is 2.27. The lowest BCUT2D eigenvalue weighted by molar-refractivity contribution is -0.137. The molecule has 0 spiro atoms. The summed E-state index contributed by atoms with van der Waals surface area (Å²) in [6, 6.07) is 4.36. The van der Waals surface area contributed by atoms with Crippen LogP contribution in [0.3, 0.4) is 0 Å². The fraction of sp³-hybridized carbons (Fsp3) is 0.333. The van der Waals surface area contributed by atoms with Crippen LogP contribution in [-0.4, -0.2) is 23.0 Å². The van der Waals surface area contributed by atoms with Crippen molar-refractivity contribution in [1.29, 1.82) is 0 Å². The van der Waals surface area contributed by atoms with Crippen molar-refractivity contribution in [3.8, 4) is 0 Å². The van der Waals surface area contributed by atoms with Crippen LogP contribution in [0.25, 0.3) is 0 Å². The molecule has 0 aliphatic rings. The smallest absolute Gasteiger partial charge is 0.305 e. The molecule has 0 aliphatic heterocycles. The first-order valence-corrected chi connectivity index (χ1v) is 5.89. The van der Waals surface area contributed by atoms with Crippen molar-refractivity contribution in [1.82, 2.24) is 0 Å². The van der Waals surface area contributed by atoms with E-state index in [1.54, 1.807) is 12.1 Å². The van der Waals surface area contributed by atoms with E-state index in [0.29, 0.717) is 22.7 Å². The normalized spacial score (nSPS) is 11.9. The highest BCUT2D eigenvalue weighted by Crippen LogP contribution is 2.22. The summed E-state index contributed by atoms with van der Waals surface area (Å²) in [6.45, 7) is 1.86. The van der Waals surface area contributed by atoms with Crippen LogP contribution in [0.1, 0.15) is 30.1 Å². The molecule has 6 heteroatoms. The summed E-state index contributed by atoms with van der Waals surface area (Å²) < 4.78 is 0. The maximum Gasteiger partial charge on any atom is 0.305 e. The number of nitrogens with two attached hydrogens (primary N) is 1. The molecule has 1 atom stereocenters. The molecular formula is C12H15ClN2O3. The van der Waals surface area contributed by atoms with Gasteiger partial charge in [-0.25, -0.2) is 0 Å². The number of amides is 1. The molecule has 18 heavy (non-hydrogen) atoms. The summed E-state index contributed by atoms with van der Waals surface area (Å²) in [5.41, 5.74) is 6.00. The number of anilines is 1. The van der Waals surface area contributed by atoms with Crippen LogP contribution >= 0.6 is 11.6 Å². The Labute approximate surface area is 110 Å². The summed E-state index contributed by atoms with van der Waals surface area (Å²) in [7, 11) is 0. The van der Waals surface area contributed by atoms with E-state index in [1.807, 2.05) is 6.92 Å². The largest absolute Gasteiger partial charge is 0.481 e. The van der Waals surface area contributed by atoms with E-state index in [2.05, 4.69) is 5.32 Å². The van der Waals surface area contributed by atoms with Gasteiger partial charge < -0.3 is 16.2 Å². The molecule has 0 aliphatic carbocycles. The monoisotopic (exact) mass is 270 g/mol. The lowest BCUT2D eigenvalue weighted by atomic mass is 10.1. The van der Waals surface area contributed by atoms with Gasteiger partial charge in [0.2, 0.25) is 0 Å². The molecule has 1 amide bonds. The van der Waals surface area contributed by atoms with Gasteiger partial charge in [-0.15, -0.1) is 0 Å². The molecule has 0 heterocycles. The minimum atomic E-state index is -0.906. The predicted molar refractivity (Wildman–Crippen MR) is 69.9 cm³/mol. The zero-order chi connectivity index (χ0) is 13.7. The Bertz CT molecular complexity index is 463. The second kappa shape index (κ2) is 6.26. The molecule has 1 unspecified atom stereocenters. The number of carboxylic acids is 1. The first-order chi connectivity index (χ1) is 8.43. The van der Waals surface area contributed by atoms with Crippen LogP contribution in [0.2, 0.25) is 5.02 Å². The number of rotatable bonds is 6. The Kier molecular flexibility index (Phi) is 4.97. The van der Waals surface area contributed by atoms with Gasteiger partial charge in [0.05, 0.1) is 12.0 Å². The van der Waals surface area contributed by atoms with Crippen molar-refractivity contribution in [2.24, 2.45) is 5.73 Å². The molecule has 4 N–H and O–H groups in total. The molecule has 0 fully saturated rings. The van der Waals surface area contributed by atoms with Crippen LogP contribution in [0.5, 0.6) is 0 Å². The van der Waals surface area contributed by atoms with E-state index in [-0.39, 0.29) is 12.5 Å². The summed E-state index contributed by atoms with van der Waals surface area (Å²) in [6.07, 6.45) is 0.568. The first-order valence-electron chi connectivity index (χ1n) is 5.51. The summed E-state index contributed by atoms with van der Waals surface area (Å²) in [5, 5.41) is 12.2. The highest BCUT2D eigenvalue weighted by Gasteiger charge is 2.15. The zero-order valence-electron chi connectivity index (χ0n) is 9.94. The van der Waals surface area contributed by atoms with Gasteiger partial charge in [-0.1, -0.05) is 18.5 Å². The number of hydrogen-bond donors (Lipinski definition) is 3. The van der Waals surface area contributed by atoms with Crippen molar-refractivity contribution < 1.29 is 14.7 Å². The topological polar surface area (TPSA) is 92.4 Å². The molecule has 0 aromatic heterocycles. The van der Waals surface area contributed by atoms with Crippen LogP contribution in [-0.2, 0) is 4.79 Å². The van der Waals surface area contributed by atoms with Gasteiger partial charge in [0, 0.05) is 16.8 Å². The van der Waals surface area contributed by atoms with Gasteiger partial charge in [-0.2, -0.15) is 0 Å². The fourth-order valence-corrected chi connectivity index (χ4v) is 1.75. The number of halogens is 1. The Hall–Kier alpha value is -1.75. The maximum absolute atomic E-state index is 11.2. The van der Waals surface area contributed by atoms with E-state index in [9.17, 15) is 9.59 Å². The number of nitrogens with one attached hydrogen (secondary N) is 1. The fourth-order valence-electron chi connectivity index (χ4n) is 1.58. The van der Waals surface area contributed by atoms with Crippen molar-refractivity contribution in [2.75, 3.05) is 5.32 Å². The number of carbonyl (C=O) groups is 2. The number of primary amides is 1. The zero-order valence-corrected chi connectivity index (χ0v) is 10.7. The molecular weight excluding hydrogens is 256 g/mol. The van der Waals surface area contributed by atoms with Crippen molar-refractivity contribution in [3.63, 3.8) is 0 Å². The second-order valence-electron chi connectivity index (χ2n) is 3.90. The van der Waals surface area contributed by atoms with Gasteiger partial charge in [0.25, 0.3) is 5.91 Å². The number of carbonyl (C=O) groups excluding carboxylic acids is 1. The highest BCUT2D eigenvalue weighted by molar-refractivity contribution is 6.31. The number of benzene rings is 1. The minimum absolute atomic E-state index is 0.0405. The van der Waals surface area contributed by atoms with Gasteiger partial charge in [0.15, 0.2) is 0 Å². The average molecular weight is 271 g/mol. The Morgan fingerprint density at radius 3 is 2.67 bits per heavy atom. The molecule has 98 valence electrons. The van der Waals surface area contributed by atoms with Crippen LogP contribution < -0.4 is 11.1 Å². The van der Waals surface area contributed by atoms with E-state index < -0.39 is 11.9 Å². The Balaban J connectivity index is 2.96. The van der Waals surface area contributed by atoms with Crippen molar-refractivity contribution >= 4 is 29.2 Å². The lowest BCUT2D eigenvalue weighted by Crippen LogP contribution is -2.24. The molecule has 1 aromatic rings. The third kappa shape index (κ3) is 3.92. The highest BCUT2D eigenvalue weighted by atomic mass is 35.5. The van der Waals surface area contributed by atoms with Gasteiger partial charge >= 0.3 is 5.97 Å². The first kappa shape index (κ1) is 14.3. The molecule has 0 saturated carbocycles. The number of carboxylic acid groups (broad SMARTS) is 1. The van der Waals surface area contributed by atoms with Gasteiger partial charge in [-0.3, -0.25) is 9.59 Å². The molecule has 0 radical (unpaired) electrons. The molecule has 0 saturated heterocycles. The van der Waals surface area contributed by atoms with E-state index in [1.165, 1.54) is 6.07 Å². The molecule has 1 aromatic carbocycles. The molecule has 1 rings (SSSR count). The molecule has 5 nitrogen and oxygen atoms in total. The van der Waals surface area contributed by atoms with Crippen LogP contribution in [0.4, 0.5) is 5.69 Å². The van der Waals surface area contributed by atoms with E-state index in [0.717, 1.165) is 0 Å².